The molecule has 0 radical (unpaired) electrons. The number of amides is 1. The minimum Gasteiger partial charge on any atom is -0.351 e. The Morgan fingerprint density at radius 3 is 2.55 bits per heavy atom. The van der Waals surface area contributed by atoms with E-state index >= 15 is 0 Å². The van der Waals surface area contributed by atoms with E-state index in [1.54, 1.807) is 0 Å². The molecule has 1 aliphatic heterocycles. The van der Waals surface area contributed by atoms with Gasteiger partial charge in [0, 0.05) is 30.7 Å². The molecule has 1 amide bonds. The molecule has 110 valence electrons. The van der Waals surface area contributed by atoms with E-state index in [9.17, 15) is 4.79 Å². The van der Waals surface area contributed by atoms with Crippen molar-refractivity contribution in [2.75, 3.05) is 26.7 Å². The van der Waals surface area contributed by atoms with Gasteiger partial charge in [-0.2, -0.15) is 0 Å². The highest BCUT2D eigenvalue weighted by atomic mass is 35.5. The monoisotopic (exact) mass is 295 g/mol. The smallest absolute Gasteiger partial charge is 0.234 e. The van der Waals surface area contributed by atoms with Crippen molar-refractivity contribution in [1.82, 2.24) is 15.5 Å². The maximum Gasteiger partial charge on any atom is 0.234 e. The molecule has 1 aliphatic rings. The van der Waals surface area contributed by atoms with E-state index in [2.05, 4.69) is 15.5 Å². The molecule has 1 fully saturated rings. The third-order valence-corrected chi connectivity index (χ3v) is 4.02. The van der Waals surface area contributed by atoms with Crippen molar-refractivity contribution in [1.29, 1.82) is 0 Å². The van der Waals surface area contributed by atoms with E-state index < -0.39 is 0 Å². The maximum absolute atomic E-state index is 11.9. The molecule has 1 aromatic rings. The first-order valence-electron chi connectivity index (χ1n) is 7.08. The SMILES string of the molecule is CNC1CCN(CC(=O)NCc2ccc(Cl)cc2)CC1. The van der Waals surface area contributed by atoms with Gasteiger partial charge >= 0.3 is 0 Å². The van der Waals surface area contributed by atoms with Crippen LogP contribution >= 0.6 is 11.6 Å². The first-order chi connectivity index (χ1) is 9.67. The summed E-state index contributed by atoms with van der Waals surface area (Å²) in [6.45, 7) is 3.02. The zero-order valence-electron chi connectivity index (χ0n) is 11.9. The number of hydrogen-bond donors (Lipinski definition) is 2. The lowest BCUT2D eigenvalue weighted by Crippen LogP contribution is -2.45. The fourth-order valence-corrected chi connectivity index (χ4v) is 2.57. The molecule has 0 saturated carbocycles. The van der Waals surface area contributed by atoms with Crippen LogP contribution in [0.2, 0.25) is 5.02 Å². The normalized spacial score (nSPS) is 17.1. The van der Waals surface area contributed by atoms with Crippen LogP contribution in [0, 0.1) is 0 Å². The van der Waals surface area contributed by atoms with Crippen LogP contribution in [0.1, 0.15) is 18.4 Å². The Labute approximate surface area is 125 Å². The van der Waals surface area contributed by atoms with Gasteiger partial charge in [-0.1, -0.05) is 23.7 Å². The maximum atomic E-state index is 11.9. The Balaban J connectivity index is 1.69. The number of benzene rings is 1. The number of nitrogens with one attached hydrogen (secondary N) is 2. The van der Waals surface area contributed by atoms with Crippen molar-refractivity contribution in [3.63, 3.8) is 0 Å². The van der Waals surface area contributed by atoms with Crippen LogP contribution in [0.5, 0.6) is 0 Å². The molecule has 20 heavy (non-hydrogen) atoms. The van der Waals surface area contributed by atoms with E-state index in [0.29, 0.717) is 24.2 Å². The molecule has 2 rings (SSSR count). The summed E-state index contributed by atoms with van der Waals surface area (Å²) >= 11 is 5.83. The summed E-state index contributed by atoms with van der Waals surface area (Å²) in [7, 11) is 2.00. The van der Waals surface area contributed by atoms with Gasteiger partial charge in [-0.15, -0.1) is 0 Å². The average Bonchev–Trinajstić information content (AvgIpc) is 2.47. The second kappa shape index (κ2) is 7.62. The van der Waals surface area contributed by atoms with Gasteiger partial charge in [0.05, 0.1) is 6.54 Å². The Morgan fingerprint density at radius 1 is 1.30 bits per heavy atom. The lowest BCUT2D eigenvalue weighted by atomic mass is 10.1. The van der Waals surface area contributed by atoms with E-state index in [1.807, 2.05) is 31.3 Å². The quantitative estimate of drug-likeness (QED) is 0.868. The van der Waals surface area contributed by atoms with E-state index in [0.717, 1.165) is 31.5 Å². The van der Waals surface area contributed by atoms with Crippen LogP contribution in [0.4, 0.5) is 0 Å². The van der Waals surface area contributed by atoms with Gasteiger partial charge in [0.15, 0.2) is 0 Å². The molecule has 0 bridgehead atoms. The third kappa shape index (κ3) is 4.78. The van der Waals surface area contributed by atoms with Crippen molar-refractivity contribution in [2.24, 2.45) is 0 Å². The highest BCUT2D eigenvalue weighted by Crippen LogP contribution is 2.10. The number of carbonyl (C=O) groups excluding carboxylic acids is 1. The molecular formula is C15H22ClN3O. The van der Waals surface area contributed by atoms with Gasteiger partial charge in [0.2, 0.25) is 5.91 Å². The standard InChI is InChI=1S/C15H22ClN3O/c1-17-14-6-8-19(9-7-14)11-15(20)18-10-12-2-4-13(16)5-3-12/h2-5,14,17H,6-11H2,1H3,(H,18,20). The summed E-state index contributed by atoms with van der Waals surface area (Å²) in [5, 5.41) is 6.96. The summed E-state index contributed by atoms with van der Waals surface area (Å²) in [6.07, 6.45) is 2.22. The number of piperidine rings is 1. The van der Waals surface area contributed by atoms with Crippen LogP contribution in [0.15, 0.2) is 24.3 Å². The summed E-state index contributed by atoms with van der Waals surface area (Å²) in [5.41, 5.74) is 1.07. The van der Waals surface area contributed by atoms with Crippen LogP contribution in [0.25, 0.3) is 0 Å². The number of nitrogens with zero attached hydrogens (tertiary/aromatic N) is 1. The van der Waals surface area contributed by atoms with Crippen LogP contribution < -0.4 is 10.6 Å². The van der Waals surface area contributed by atoms with Gasteiger partial charge in [0.1, 0.15) is 0 Å². The summed E-state index contributed by atoms with van der Waals surface area (Å²) in [6, 6.07) is 8.14. The van der Waals surface area contributed by atoms with E-state index in [4.69, 9.17) is 11.6 Å². The Kier molecular flexibility index (Phi) is 5.83. The molecule has 0 spiro atoms. The fraction of sp³-hybridized carbons (Fsp3) is 0.533. The highest BCUT2D eigenvalue weighted by molar-refractivity contribution is 6.30. The molecule has 2 N–H and O–H groups in total. The molecule has 0 aromatic heterocycles. The van der Waals surface area contributed by atoms with Gasteiger partial charge in [0.25, 0.3) is 0 Å². The van der Waals surface area contributed by atoms with E-state index in [1.165, 1.54) is 0 Å². The molecule has 1 heterocycles. The fourth-order valence-electron chi connectivity index (χ4n) is 2.44. The molecule has 1 aromatic carbocycles. The molecule has 0 aliphatic carbocycles. The first kappa shape index (κ1) is 15.3. The van der Waals surface area contributed by atoms with Gasteiger partial charge in [-0.05, 0) is 37.6 Å². The highest BCUT2D eigenvalue weighted by Gasteiger charge is 2.19. The Hall–Kier alpha value is -1.10. The van der Waals surface area contributed by atoms with Crippen molar-refractivity contribution < 1.29 is 4.79 Å². The number of likely N-dealkylation sites (tertiary alicyclic amines) is 1. The number of halogens is 1. The zero-order chi connectivity index (χ0) is 14.4. The molecule has 5 heteroatoms. The molecule has 4 nitrogen and oxygen atoms in total. The average molecular weight is 296 g/mol. The zero-order valence-corrected chi connectivity index (χ0v) is 12.6. The molecule has 1 saturated heterocycles. The van der Waals surface area contributed by atoms with Gasteiger partial charge in [-0.25, -0.2) is 0 Å². The molecule has 0 unspecified atom stereocenters. The van der Waals surface area contributed by atoms with Gasteiger partial charge < -0.3 is 10.6 Å². The van der Waals surface area contributed by atoms with Crippen LogP contribution in [0.3, 0.4) is 0 Å². The lowest BCUT2D eigenvalue weighted by molar-refractivity contribution is -0.122. The second-order valence-corrected chi connectivity index (χ2v) is 5.68. The number of carbonyl (C=O) groups is 1. The number of hydrogen-bond acceptors (Lipinski definition) is 3. The minimum atomic E-state index is 0.0860. The van der Waals surface area contributed by atoms with Crippen LogP contribution in [-0.2, 0) is 11.3 Å². The number of rotatable bonds is 5. The van der Waals surface area contributed by atoms with Crippen LogP contribution in [-0.4, -0.2) is 43.5 Å². The molecular weight excluding hydrogens is 274 g/mol. The van der Waals surface area contributed by atoms with Crippen molar-refractivity contribution >= 4 is 17.5 Å². The van der Waals surface area contributed by atoms with Crippen molar-refractivity contribution in [3.05, 3.63) is 34.9 Å². The van der Waals surface area contributed by atoms with Crippen molar-refractivity contribution in [3.8, 4) is 0 Å². The van der Waals surface area contributed by atoms with E-state index in [-0.39, 0.29) is 5.91 Å². The first-order valence-corrected chi connectivity index (χ1v) is 7.46. The summed E-state index contributed by atoms with van der Waals surface area (Å²) < 4.78 is 0. The topological polar surface area (TPSA) is 44.4 Å². The second-order valence-electron chi connectivity index (χ2n) is 5.24. The van der Waals surface area contributed by atoms with Gasteiger partial charge in [-0.3, -0.25) is 9.69 Å². The summed E-state index contributed by atoms with van der Waals surface area (Å²) in [4.78, 5) is 14.1. The predicted molar refractivity (Wildman–Crippen MR) is 81.8 cm³/mol. The Morgan fingerprint density at radius 2 is 1.95 bits per heavy atom. The summed E-state index contributed by atoms with van der Waals surface area (Å²) in [5.74, 6) is 0.0860. The predicted octanol–water partition coefficient (Wildman–Crippen LogP) is 1.64. The minimum absolute atomic E-state index is 0.0860. The molecule has 0 atom stereocenters. The third-order valence-electron chi connectivity index (χ3n) is 3.77. The Bertz CT molecular complexity index is 427. The van der Waals surface area contributed by atoms with Crippen molar-refractivity contribution in [2.45, 2.75) is 25.4 Å². The largest absolute Gasteiger partial charge is 0.351 e. The lowest BCUT2D eigenvalue weighted by Gasteiger charge is -2.31.